The van der Waals surface area contributed by atoms with Gasteiger partial charge in [-0.3, -0.25) is 0 Å². The first-order valence-electron chi connectivity index (χ1n) is 8.11. The summed E-state index contributed by atoms with van der Waals surface area (Å²) in [6, 6.07) is 0.686. The lowest BCUT2D eigenvalue weighted by Gasteiger charge is -2.41. The van der Waals surface area contributed by atoms with Crippen molar-refractivity contribution in [2.45, 2.75) is 76.6 Å². The lowest BCUT2D eigenvalue weighted by atomic mass is 9.69. The van der Waals surface area contributed by atoms with Crippen LogP contribution in [0.25, 0.3) is 0 Å². The van der Waals surface area contributed by atoms with Gasteiger partial charge in [0, 0.05) is 18.3 Å². The van der Waals surface area contributed by atoms with E-state index in [1.54, 1.807) is 0 Å². The van der Waals surface area contributed by atoms with Crippen LogP contribution in [0.1, 0.15) is 59.3 Å². The summed E-state index contributed by atoms with van der Waals surface area (Å²) >= 11 is 0. The molecule has 0 aromatic rings. The summed E-state index contributed by atoms with van der Waals surface area (Å²) in [5, 5.41) is 3.62. The number of nitrogens with one attached hydrogen (secondary N) is 1. The Kier molecular flexibility index (Phi) is 3.30. The molecule has 3 saturated carbocycles. The van der Waals surface area contributed by atoms with E-state index >= 15 is 0 Å². The molecule has 0 aromatic carbocycles. The zero-order chi connectivity index (χ0) is 14.8. The van der Waals surface area contributed by atoms with Crippen LogP contribution in [0.3, 0.4) is 0 Å². The average Bonchev–Trinajstić information content (AvgIpc) is 2.91. The number of fused-ring (bicyclic) bond motifs is 2. The number of hydrogen-bond donors (Lipinski definition) is 1. The molecule has 116 valence electrons. The minimum absolute atomic E-state index is 0.159. The van der Waals surface area contributed by atoms with E-state index < -0.39 is 9.84 Å². The van der Waals surface area contributed by atoms with E-state index in [1.165, 1.54) is 25.5 Å². The number of hydrogen-bond acceptors (Lipinski definition) is 3. The lowest BCUT2D eigenvalue weighted by Crippen LogP contribution is -2.51. The summed E-state index contributed by atoms with van der Waals surface area (Å²) in [6.45, 7) is 7.24. The molecule has 0 radical (unpaired) electrons. The van der Waals surface area contributed by atoms with Gasteiger partial charge in [-0.25, -0.2) is 8.42 Å². The Balaban J connectivity index is 1.77. The second-order valence-electron chi connectivity index (χ2n) is 8.24. The standard InChI is InChI=1S/C16H29NO2S/c1-15(2)11-8-9-16(15,3)14(10-11)17-12-6-5-7-13(12)20(4,18)19/h11-14,17H,5-10H2,1-4H3. The third-order valence-electron chi connectivity index (χ3n) is 7.21. The van der Waals surface area contributed by atoms with Gasteiger partial charge in [0.15, 0.2) is 9.84 Å². The highest BCUT2D eigenvalue weighted by molar-refractivity contribution is 7.91. The van der Waals surface area contributed by atoms with Crippen molar-refractivity contribution >= 4 is 9.84 Å². The molecule has 0 aliphatic heterocycles. The Bertz CT molecular complexity index is 499. The molecule has 0 aromatic heterocycles. The predicted octanol–water partition coefficient (Wildman–Crippen LogP) is 2.76. The second kappa shape index (κ2) is 4.45. The Labute approximate surface area is 123 Å². The molecule has 0 spiro atoms. The van der Waals surface area contributed by atoms with Crippen molar-refractivity contribution in [3.05, 3.63) is 0 Å². The van der Waals surface area contributed by atoms with Crippen LogP contribution >= 0.6 is 0 Å². The first kappa shape index (κ1) is 14.8. The molecule has 2 bridgehead atoms. The molecule has 3 rings (SSSR count). The molecule has 1 N–H and O–H groups in total. The molecule has 0 saturated heterocycles. The van der Waals surface area contributed by atoms with Crippen molar-refractivity contribution < 1.29 is 8.42 Å². The Morgan fingerprint density at radius 3 is 2.30 bits per heavy atom. The van der Waals surface area contributed by atoms with E-state index in [0.717, 1.165) is 25.2 Å². The van der Waals surface area contributed by atoms with Gasteiger partial charge < -0.3 is 5.32 Å². The smallest absolute Gasteiger partial charge is 0.151 e. The highest BCUT2D eigenvalue weighted by atomic mass is 32.2. The maximum Gasteiger partial charge on any atom is 0.151 e. The second-order valence-corrected chi connectivity index (χ2v) is 10.5. The SMILES string of the molecule is CC1(C)C2CCC1(C)C(NC1CCCC1S(C)(=O)=O)C2. The number of sulfone groups is 1. The van der Waals surface area contributed by atoms with Crippen LogP contribution in [-0.4, -0.2) is 32.0 Å². The van der Waals surface area contributed by atoms with Gasteiger partial charge in [0.05, 0.1) is 5.25 Å². The van der Waals surface area contributed by atoms with Crippen LogP contribution in [-0.2, 0) is 9.84 Å². The molecule has 5 atom stereocenters. The van der Waals surface area contributed by atoms with Gasteiger partial charge in [-0.05, 0) is 48.9 Å². The average molecular weight is 299 g/mol. The van der Waals surface area contributed by atoms with E-state index in [4.69, 9.17) is 0 Å². The topological polar surface area (TPSA) is 46.2 Å². The maximum atomic E-state index is 11.9. The van der Waals surface area contributed by atoms with Crippen molar-refractivity contribution in [3.63, 3.8) is 0 Å². The third-order valence-corrected chi connectivity index (χ3v) is 8.88. The Morgan fingerprint density at radius 2 is 1.80 bits per heavy atom. The summed E-state index contributed by atoms with van der Waals surface area (Å²) in [7, 11) is -2.92. The van der Waals surface area contributed by atoms with Gasteiger partial charge >= 0.3 is 0 Å². The molecule has 5 unspecified atom stereocenters. The van der Waals surface area contributed by atoms with E-state index in [0.29, 0.717) is 16.9 Å². The first-order chi connectivity index (χ1) is 9.16. The number of rotatable bonds is 3. The summed E-state index contributed by atoms with van der Waals surface area (Å²) in [4.78, 5) is 0. The Morgan fingerprint density at radius 1 is 1.10 bits per heavy atom. The van der Waals surface area contributed by atoms with Crippen LogP contribution < -0.4 is 5.32 Å². The van der Waals surface area contributed by atoms with Gasteiger partial charge in [-0.15, -0.1) is 0 Å². The van der Waals surface area contributed by atoms with E-state index in [-0.39, 0.29) is 11.3 Å². The summed E-state index contributed by atoms with van der Waals surface area (Å²) in [5.74, 6) is 0.808. The van der Waals surface area contributed by atoms with Gasteiger partial charge in [0.1, 0.15) is 0 Å². The van der Waals surface area contributed by atoms with Crippen LogP contribution in [0.15, 0.2) is 0 Å². The summed E-state index contributed by atoms with van der Waals surface area (Å²) in [6.07, 6.45) is 8.19. The van der Waals surface area contributed by atoms with Gasteiger partial charge in [-0.2, -0.15) is 0 Å². The first-order valence-corrected chi connectivity index (χ1v) is 10.1. The van der Waals surface area contributed by atoms with Crippen molar-refractivity contribution in [2.24, 2.45) is 16.7 Å². The molecule has 3 aliphatic carbocycles. The molecule has 3 aliphatic rings. The minimum atomic E-state index is -2.92. The highest BCUT2D eigenvalue weighted by Gasteiger charge is 2.61. The van der Waals surface area contributed by atoms with E-state index in [1.807, 2.05) is 0 Å². The van der Waals surface area contributed by atoms with Crippen molar-refractivity contribution in [2.75, 3.05) is 6.26 Å². The van der Waals surface area contributed by atoms with Crippen molar-refractivity contribution in [1.82, 2.24) is 5.32 Å². The lowest BCUT2D eigenvalue weighted by molar-refractivity contribution is 0.115. The molecule has 3 fully saturated rings. The van der Waals surface area contributed by atoms with Gasteiger partial charge in [-0.1, -0.05) is 27.2 Å². The van der Waals surface area contributed by atoms with Gasteiger partial charge in [0.2, 0.25) is 0 Å². The summed E-state index contributed by atoms with van der Waals surface area (Å²) < 4.78 is 23.9. The van der Waals surface area contributed by atoms with Gasteiger partial charge in [0.25, 0.3) is 0 Å². The largest absolute Gasteiger partial charge is 0.309 e. The zero-order valence-corrected chi connectivity index (χ0v) is 14.1. The molecular formula is C16H29NO2S. The molecular weight excluding hydrogens is 270 g/mol. The van der Waals surface area contributed by atoms with E-state index in [9.17, 15) is 8.42 Å². The monoisotopic (exact) mass is 299 g/mol. The molecule has 4 heteroatoms. The van der Waals surface area contributed by atoms with Crippen molar-refractivity contribution in [3.8, 4) is 0 Å². The minimum Gasteiger partial charge on any atom is -0.309 e. The fourth-order valence-corrected chi connectivity index (χ4v) is 6.75. The summed E-state index contributed by atoms with van der Waals surface area (Å²) in [5.41, 5.74) is 0.728. The highest BCUT2D eigenvalue weighted by Crippen LogP contribution is 2.65. The Hall–Kier alpha value is -0.0900. The quantitative estimate of drug-likeness (QED) is 0.871. The normalized spacial score (nSPS) is 47.0. The van der Waals surface area contributed by atoms with Crippen LogP contribution in [0.4, 0.5) is 0 Å². The molecule has 0 amide bonds. The predicted molar refractivity (Wildman–Crippen MR) is 82.4 cm³/mol. The van der Waals surface area contributed by atoms with E-state index in [2.05, 4.69) is 26.1 Å². The maximum absolute atomic E-state index is 11.9. The van der Waals surface area contributed by atoms with Crippen LogP contribution in [0, 0.1) is 16.7 Å². The molecule has 0 heterocycles. The molecule has 3 nitrogen and oxygen atoms in total. The molecule has 20 heavy (non-hydrogen) atoms. The van der Waals surface area contributed by atoms with Crippen LogP contribution in [0.5, 0.6) is 0 Å². The zero-order valence-electron chi connectivity index (χ0n) is 13.3. The third kappa shape index (κ3) is 1.98. The van der Waals surface area contributed by atoms with Crippen LogP contribution in [0.2, 0.25) is 0 Å². The fourth-order valence-electron chi connectivity index (χ4n) is 5.34. The fraction of sp³-hybridized carbons (Fsp3) is 1.00. The van der Waals surface area contributed by atoms with Crippen molar-refractivity contribution in [1.29, 1.82) is 0 Å².